The highest BCUT2D eigenvalue weighted by molar-refractivity contribution is 5.76. The van der Waals surface area contributed by atoms with Gasteiger partial charge in [0.25, 0.3) is 0 Å². The summed E-state index contributed by atoms with van der Waals surface area (Å²) in [7, 11) is 0. The molecule has 0 bridgehead atoms. The Morgan fingerprint density at radius 3 is 2.80 bits per heavy atom. The first-order valence-corrected chi connectivity index (χ1v) is 6.69. The van der Waals surface area contributed by atoms with Gasteiger partial charge in [0.1, 0.15) is 11.5 Å². The summed E-state index contributed by atoms with van der Waals surface area (Å²) in [4.78, 5) is 15.9. The fourth-order valence-corrected chi connectivity index (χ4v) is 1.91. The molecular formula is C14H19N3O3. The Bertz CT molecular complexity index is 574. The molecule has 6 nitrogen and oxygen atoms in total. The van der Waals surface area contributed by atoms with Gasteiger partial charge in [0.15, 0.2) is 5.82 Å². The minimum absolute atomic E-state index is 0.0113. The topological polar surface area (TPSA) is 81.2 Å². The predicted molar refractivity (Wildman–Crippen MR) is 72.0 cm³/mol. The van der Waals surface area contributed by atoms with Crippen molar-refractivity contribution in [2.75, 3.05) is 0 Å². The van der Waals surface area contributed by atoms with E-state index in [1.807, 2.05) is 26.0 Å². The second-order valence-electron chi connectivity index (χ2n) is 4.83. The zero-order chi connectivity index (χ0) is 14.5. The van der Waals surface area contributed by atoms with E-state index in [1.54, 1.807) is 6.92 Å². The van der Waals surface area contributed by atoms with Crippen LogP contribution >= 0.6 is 0 Å². The monoisotopic (exact) mass is 277 g/mol. The van der Waals surface area contributed by atoms with E-state index in [0.29, 0.717) is 31.0 Å². The number of amides is 1. The van der Waals surface area contributed by atoms with Gasteiger partial charge >= 0.3 is 0 Å². The van der Waals surface area contributed by atoms with E-state index >= 15 is 0 Å². The van der Waals surface area contributed by atoms with Crippen molar-refractivity contribution >= 4 is 5.91 Å². The molecule has 108 valence electrons. The molecule has 1 N–H and O–H groups in total. The summed E-state index contributed by atoms with van der Waals surface area (Å²) in [5, 5.41) is 6.61. The lowest BCUT2D eigenvalue weighted by atomic mass is 10.2. The van der Waals surface area contributed by atoms with Crippen molar-refractivity contribution in [1.29, 1.82) is 0 Å². The average molecular weight is 277 g/mol. The van der Waals surface area contributed by atoms with Crippen LogP contribution in [-0.4, -0.2) is 16.0 Å². The molecule has 1 atom stereocenters. The molecular weight excluding hydrogens is 258 g/mol. The van der Waals surface area contributed by atoms with Gasteiger partial charge in [-0.15, -0.1) is 0 Å². The van der Waals surface area contributed by atoms with E-state index in [0.717, 1.165) is 11.5 Å². The molecule has 0 spiro atoms. The molecule has 0 fully saturated rings. The number of carbonyl (C=O) groups is 1. The van der Waals surface area contributed by atoms with Crippen molar-refractivity contribution in [1.82, 2.24) is 15.5 Å². The van der Waals surface area contributed by atoms with Crippen LogP contribution in [0.3, 0.4) is 0 Å². The molecule has 2 heterocycles. The Morgan fingerprint density at radius 2 is 2.20 bits per heavy atom. The number of nitrogens with zero attached hydrogens (tertiary/aromatic N) is 2. The van der Waals surface area contributed by atoms with Crippen LogP contribution in [0.2, 0.25) is 0 Å². The number of aromatic nitrogens is 2. The average Bonchev–Trinajstić information content (AvgIpc) is 2.98. The van der Waals surface area contributed by atoms with Crippen LogP contribution in [0.5, 0.6) is 0 Å². The Hall–Kier alpha value is -2.11. The number of hydrogen-bond donors (Lipinski definition) is 1. The predicted octanol–water partition coefficient (Wildman–Crippen LogP) is 2.48. The highest BCUT2D eigenvalue weighted by Crippen LogP contribution is 2.15. The van der Waals surface area contributed by atoms with E-state index in [4.69, 9.17) is 8.94 Å². The normalized spacial score (nSPS) is 12.3. The van der Waals surface area contributed by atoms with Gasteiger partial charge in [-0.2, -0.15) is 4.98 Å². The van der Waals surface area contributed by atoms with Gasteiger partial charge in [0, 0.05) is 12.8 Å². The lowest BCUT2D eigenvalue weighted by Crippen LogP contribution is -2.26. The van der Waals surface area contributed by atoms with Crippen LogP contribution < -0.4 is 5.32 Å². The molecule has 0 saturated heterocycles. The first-order chi connectivity index (χ1) is 9.54. The summed E-state index contributed by atoms with van der Waals surface area (Å²) in [6.07, 6.45) is 1.71. The smallest absolute Gasteiger partial charge is 0.226 e. The summed E-state index contributed by atoms with van der Waals surface area (Å²) in [6, 6.07) is 3.64. The first-order valence-electron chi connectivity index (χ1n) is 6.69. The second kappa shape index (κ2) is 6.36. The van der Waals surface area contributed by atoms with E-state index in [1.165, 1.54) is 0 Å². The second-order valence-corrected chi connectivity index (χ2v) is 4.83. The third kappa shape index (κ3) is 3.94. The third-order valence-corrected chi connectivity index (χ3v) is 2.93. The lowest BCUT2D eigenvalue weighted by Gasteiger charge is -2.11. The number of furan rings is 1. The van der Waals surface area contributed by atoms with E-state index < -0.39 is 0 Å². The molecule has 0 aromatic carbocycles. The molecule has 20 heavy (non-hydrogen) atoms. The SMILES string of the molecule is Cc1noc(CCCC(=O)N[C@@H](C)c2ccc(C)o2)n1. The fourth-order valence-electron chi connectivity index (χ4n) is 1.91. The lowest BCUT2D eigenvalue weighted by molar-refractivity contribution is -0.121. The van der Waals surface area contributed by atoms with Crippen molar-refractivity contribution < 1.29 is 13.7 Å². The van der Waals surface area contributed by atoms with Crippen LogP contribution in [0.4, 0.5) is 0 Å². The molecule has 2 rings (SSSR count). The molecule has 0 unspecified atom stereocenters. The maximum atomic E-state index is 11.8. The third-order valence-electron chi connectivity index (χ3n) is 2.93. The Labute approximate surface area is 117 Å². The quantitative estimate of drug-likeness (QED) is 0.877. The molecule has 0 aliphatic rings. The number of carbonyl (C=O) groups excluding carboxylic acids is 1. The molecule has 0 saturated carbocycles. The van der Waals surface area contributed by atoms with Gasteiger partial charge in [-0.25, -0.2) is 0 Å². The molecule has 2 aromatic heterocycles. The summed E-state index contributed by atoms with van der Waals surface area (Å²) in [5.41, 5.74) is 0. The maximum absolute atomic E-state index is 11.8. The molecule has 0 aliphatic heterocycles. The van der Waals surface area contributed by atoms with Gasteiger partial charge in [-0.1, -0.05) is 5.16 Å². The van der Waals surface area contributed by atoms with Crippen LogP contribution in [0.15, 0.2) is 21.1 Å². The summed E-state index contributed by atoms with van der Waals surface area (Å²) < 4.78 is 10.5. The van der Waals surface area contributed by atoms with Crippen LogP contribution in [-0.2, 0) is 11.2 Å². The van der Waals surface area contributed by atoms with Gasteiger partial charge < -0.3 is 14.3 Å². The van der Waals surface area contributed by atoms with Gasteiger partial charge in [0.2, 0.25) is 11.8 Å². The fraction of sp³-hybridized carbons (Fsp3) is 0.500. The van der Waals surface area contributed by atoms with Crippen molar-refractivity contribution in [3.8, 4) is 0 Å². The number of aryl methyl sites for hydroxylation is 3. The molecule has 6 heteroatoms. The Balaban J connectivity index is 1.72. The van der Waals surface area contributed by atoms with Crippen molar-refractivity contribution in [3.63, 3.8) is 0 Å². The zero-order valence-electron chi connectivity index (χ0n) is 12.0. The van der Waals surface area contributed by atoms with Crippen LogP contribution in [0, 0.1) is 13.8 Å². The van der Waals surface area contributed by atoms with Crippen molar-refractivity contribution in [2.24, 2.45) is 0 Å². The number of nitrogens with one attached hydrogen (secondary N) is 1. The van der Waals surface area contributed by atoms with Crippen LogP contribution in [0.1, 0.15) is 49.0 Å². The van der Waals surface area contributed by atoms with Crippen molar-refractivity contribution in [3.05, 3.63) is 35.4 Å². The summed E-state index contributed by atoms with van der Waals surface area (Å²) in [6.45, 7) is 5.55. The summed E-state index contributed by atoms with van der Waals surface area (Å²) in [5.74, 6) is 2.79. The van der Waals surface area contributed by atoms with E-state index in [2.05, 4.69) is 15.5 Å². The zero-order valence-corrected chi connectivity index (χ0v) is 12.0. The van der Waals surface area contributed by atoms with Gasteiger partial charge in [-0.05, 0) is 39.3 Å². The summed E-state index contributed by atoms with van der Waals surface area (Å²) >= 11 is 0. The standard InChI is InChI=1S/C14H19N3O3/c1-9-7-8-12(19-9)10(2)15-13(18)5-4-6-14-16-11(3)17-20-14/h7-8,10H,4-6H2,1-3H3,(H,15,18)/t10-/m0/s1. The minimum atomic E-state index is -0.123. The maximum Gasteiger partial charge on any atom is 0.226 e. The largest absolute Gasteiger partial charge is 0.464 e. The Morgan fingerprint density at radius 1 is 1.40 bits per heavy atom. The highest BCUT2D eigenvalue weighted by atomic mass is 16.5. The molecule has 2 aromatic rings. The first kappa shape index (κ1) is 14.3. The Kier molecular flexibility index (Phi) is 4.55. The molecule has 0 aliphatic carbocycles. The number of rotatable bonds is 6. The van der Waals surface area contributed by atoms with E-state index in [9.17, 15) is 4.79 Å². The van der Waals surface area contributed by atoms with Crippen LogP contribution in [0.25, 0.3) is 0 Å². The highest BCUT2D eigenvalue weighted by Gasteiger charge is 2.13. The van der Waals surface area contributed by atoms with Crippen molar-refractivity contribution in [2.45, 2.75) is 46.1 Å². The molecule has 0 radical (unpaired) electrons. The number of hydrogen-bond acceptors (Lipinski definition) is 5. The molecule has 1 amide bonds. The van der Waals surface area contributed by atoms with Gasteiger partial charge in [0.05, 0.1) is 6.04 Å². The van der Waals surface area contributed by atoms with Gasteiger partial charge in [-0.3, -0.25) is 4.79 Å². The van der Waals surface area contributed by atoms with E-state index in [-0.39, 0.29) is 11.9 Å². The minimum Gasteiger partial charge on any atom is -0.464 e.